The fourth-order valence-corrected chi connectivity index (χ4v) is 1.14. The minimum atomic E-state index is -4.32. The molecule has 112 valence electrons. The molecule has 0 saturated carbocycles. The highest BCUT2D eigenvalue weighted by molar-refractivity contribution is 5.75. The van der Waals surface area contributed by atoms with E-state index in [0.29, 0.717) is 0 Å². The third kappa shape index (κ3) is 6.82. The molecular weight excluding hydrogens is 272 g/mol. The van der Waals surface area contributed by atoms with Gasteiger partial charge in [0.2, 0.25) is 0 Å². The molecule has 1 atom stereocenters. The van der Waals surface area contributed by atoms with E-state index < -0.39 is 43.4 Å². The van der Waals surface area contributed by atoms with Gasteiger partial charge in [-0.2, -0.15) is 8.78 Å². The van der Waals surface area contributed by atoms with E-state index in [-0.39, 0.29) is 5.92 Å². The van der Waals surface area contributed by atoms with Crippen LogP contribution in [0.5, 0.6) is 0 Å². The molecule has 0 aliphatic rings. The van der Waals surface area contributed by atoms with E-state index in [1.165, 1.54) is 0 Å². The topological polar surface area (TPSA) is 78.4 Å². The van der Waals surface area contributed by atoms with Gasteiger partial charge >= 0.3 is 24.3 Å². The molecule has 0 aromatic rings. The maximum Gasteiger partial charge on any atom is 0.324 e. The van der Waals surface area contributed by atoms with Gasteiger partial charge in [-0.25, -0.2) is 13.6 Å². The lowest BCUT2D eigenvalue weighted by Crippen LogP contribution is -2.49. The number of hydrogen-bond donors (Lipinski definition) is 3. The van der Waals surface area contributed by atoms with Gasteiger partial charge in [-0.15, -0.1) is 0 Å². The van der Waals surface area contributed by atoms with Crippen LogP contribution in [0.1, 0.15) is 20.3 Å². The van der Waals surface area contributed by atoms with Crippen LogP contribution in [0.2, 0.25) is 0 Å². The van der Waals surface area contributed by atoms with E-state index in [1.807, 2.05) is 0 Å². The lowest BCUT2D eigenvalue weighted by atomic mass is 10.0. The van der Waals surface area contributed by atoms with Gasteiger partial charge in [0.1, 0.15) is 0 Å². The van der Waals surface area contributed by atoms with Crippen molar-refractivity contribution in [2.24, 2.45) is 5.92 Å². The number of amides is 2. The van der Waals surface area contributed by atoms with Crippen LogP contribution >= 0.6 is 0 Å². The summed E-state index contributed by atoms with van der Waals surface area (Å²) in [6, 6.07) is -1.89. The van der Waals surface area contributed by atoms with Crippen molar-refractivity contribution < 1.29 is 32.3 Å². The molecule has 0 aliphatic heterocycles. The molecule has 0 aromatic heterocycles. The summed E-state index contributed by atoms with van der Waals surface area (Å²) in [5.74, 6) is -5.74. The Balaban J connectivity index is 4.32. The normalized spacial score (nSPS) is 13.5. The molecule has 19 heavy (non-hydrogen) atoms. The minimum absolute atomic E-state index is 0.252. The Labute approximate surface area is 107 Å². The first kappa shape index (κ1) is 17.5. The second kappa shape index (κ2) is 7.15. The molecule has 0 rings (SSSR count). The van der Waals surface area contributed by atoms with Crippen LogP contribution in [-0.2, 0) is 4.79 Å². The van der Waals surface area contributed by atoms with Gasteiger partial charge in [0.05, 0.1) is 13.0 Å². The number of carbonyl (C=O) groups excluding carboxylic acids is 1. The summed E-state index contributed by atoms with van der Waals surface area (Å²) in [7, 11) is 0. The molecule has 5 nitrogen and oxygen atoms in total. The number of carboxylic acid groups (broad SMARTS) is 1. The lowest BCUT2D eigenvalue weighted by molar-refractivity contribution is -0.137. The number of carboxylic acids is 1. The van der Waals surface area contributed by atoms with E-state index >= 15 is 0 Å². The highest BCUT2D eigenvalue weighted by atomic mass is 19.3. The first-order valence-corrected chi connectivity index (χ1v) is 5.48. The zero-order valence-corrected chi connectivity index (χ0v) is 10.4. The van der Waals surface area contributed by atoms with Gasteiger partial charge in [-0.1, -0.05) is 13.8 Å². The van der Waals surface area contributed by atoms with Crippen LogP contribution < -0.4 is 10.6 Å². The Kier molecular flexibility index (Phi) is 6.57. The number of alkyl halides is 4. The number of nitrogens with one attached hydrogen (secondary N) is 2. The van der Waals surface area contributed by atoms with Gasteiger partial charge in [0, 0.05) is 6.04 Å². The molecule has 9 heteroatoms. The number of hydrogen-bond acceptors (Lipinski definition) is 2. The van der Waals surface area contributed by atoms with Crippen molar-refractivity contribution in [3.05, 3.63) is 0 Å². The third-order valence-corrected chi connectivity index (χ3v) is 2.32. The first-order valence-electron chi connectivity index (χ1n) is 5.48. The zero-order valence-electron chi connectivity index (χ0n) is 10.4. The molecule has 0 spiro atoms. The Morgan fingerprint density at radius 1 is 1.26 bits per heavy atom. The number of halogens is 4. The Hall–Kier alpha value is -1.54. The van der Waals surface area contributed by atoms with Crippen molar-refractivity contribution in [2.75, 3.05) is 6.54 Å². The predicted molar refractivity (Wildman–Crippen MR) is 58.4 cm³/mol. The van der Waals surface area contributed by atoms with E-state index in [1.54, 1.807) is 19.2 Å². The predicted octanol–water partition coefficient (Wildman–Crippen LogP) is 1.69. The van der Waals surface area contributed by atoms with E-state index in [0.717, 1.165) is 0 Å². The van der Waals surface area contributed by atoms with Crippen molar-refractivity contribution in [2.45, 2.75) is 38.7 Å². The highest BCUT2D eigenvalue weighted by Gasteiger charge is 2.40. The van der Waals surface area contributed by atoms with Gasteiger partial charge in [-0.3, -0.25) is 4.79 Å². The van der Waals surface area contributed by atoms with Crippen LogP contribution in [0.4, 0.5) is 22.4 Å². The second-order valence-corrected chi connectivity index (χ2v) is 4.34. The fraction of sp³-hybridized carbons (Fsp3) is 0.800. The molecule has 1 unspecified atom stereocenters. The number of rotatable bonds is 7. The van der Waals surface area contributed by atoms with Crippen molar-refractivity contribution in [3.63, 3.8) is 0 Å². The van der Waals surface area contributed by atoms with Crippen LogP contribution in [0.3, 0.4) is 0 Å². The van der Waals surface area contributed by atoms with Crippen LogP contribution in [0, 0.1) is 5.92 Å². The zero-order chi connectivity index (χ0) is 15.2. The number of urea groups is 1. The molecule has 0 heterocycles. The van der Waals surface area contributed by atoms with Crippen LogP contribution in [0.25, 0.3) is 0 Å². The van der Waals surface area contributed by atoms with Gasteiger partial charge in [0.15, 0.2) is 0 Å². The summed E-state index contributed by atoms with van der Waals surface area (Å²) in [5.41, 5.74) is 0. The smallest absolute Gasteiger partial charge is 0.324 e. The van der Waals surface area contributed by atoms with Crippen LogP contribution in [-0.4, -0.2) is 42.0 Å². The Bertz CT molecular complexity index is 324. The molecule has 0 radical (unpaired) electrons. The van der Waals surface area contributed by atoms with Gasteiger partial charge in [-0.05, 0) is 5.92 Å². The summed E-state index contributed by atoms with van der Waals surface area (Å²) < 4.78 is 48.7. The standard InChI is InChI=1S/C10H16F4N2O3/c1-5(2)6(3-7(17)18)16-9(19)15-4-10(13,14)8(11)12/h5-6,8H,3-4H2,1-2H3,(H,17,18)(H2,15,16,19). The van der Waals surface area contributed by atoms with E-state index in [2.05, 4.69) is 5.32 Å². The second-order valence-electron chi connectivity index (χ2n) is 4.34. The lowest BCUT2D eigenvalue weighted by Gasteiger charge is -2.22. The third-order valence-electron chi connectivity index (χ3n) is 2.32. The molecule has 0 aromatic carbocycles. The van der Waals surface area contributed by atoms with Crippen molar-refractivity contribution in [1.29, 1.82) is 0 Å². The summed E-state index contributed by atoms with van der Waals surface area (Å²) in [6.45, 7) is 1.73. The van der Waals surface area contributed by atoms with Crippen molar-refractivity contribution >= 4 is 12.0 Å². The molecule has 0 fully saturated rings. The summed E-state index contributed by atoms with van der Waals surface area (Å²) in [5, 5.41) is 12.3. The fourth-order valence-electron chi connectivity index (χ4n) is 1.14. The van der Waals surface area contributed by atoms with Crippen LogP contribution in [0.15, 0.2) is 0 Å². The maximum absolute atomic E-state index is 12.5. The Morgan fingerprint density at radius 3 is 2.16 bits per heavy atom. The summed E-state index contributed by atoms with van der Waals surface area (Å²) in [6.07, 6.45) is -4.27. The molecule has 3 N–H and O–H groups in total. The summed E-state index contributed by atoms with van der Waals surface area (Å²) >= 11 is 0. The maximum atomic E-state index is 12.5. The quantitative estimate of drug-likeness (QED) is 0.624. The van der Waals surface area contributed by atoms with Gasteiger partial charge < -0.3 is 15.7 Å². The Morgan fingerprint density at radius 2 is 1.79 bits per heavy atom. The minimum Gasteiger partial charge on any atom is -0.481 e. The van der Waals surface area contributed by atoms with Crippen molar-refractivity contribution in [1.82, 2.24) is 10.6 Å². The SMILES string of the molecule is CC(C)C(CC(=O)O)NC(=O)NCC(F)(F)C(F)F. The average molecular weight is 288 g/mol. The number of aliphatic carboxylic acids is 1. The number of carbonyl (C=O) groups is 2. The summed E-state index contributed by atoms with van der Waals surface area (Å²) in [4.78, 5) is 21.7. The molecular formula is C10H16F4N2O3. The van der Waals surface area contributed by atoms with Crippen molar-refractivity contribution in [3.8, 4) is 0 Å². The largest absolute Gasteiger partial charge is 0.481 e. The molecule has 0 saturated heterocycles. The van der Waals surface area contributed by atoms with E-state index in [9.17, 15) is 27.2 Å². The molecule has 0 bridgehead atoms. The molecule has 0 aliphatic carbocycles. The molecule has 2 amide bonds. The average Bonchev–Trinajstić information content (AvgIpc) is 2.24. The van der Waals surface area contributed by atoms with E-state index in [4.69, 9.17) is 5.11 Å². The monoisotopic (exact) mass is 288 g/mol. The van der Waals surface area contributed by atoms with Gasteiger partial charge in [0.25, 0.3) is 0 Å². The highest BCUT2D eigenvalue weighted by Crippen LogP contribution is 2.21. The first-order chi connectivity index (χ1) is 8.56.